The Morgan fingerprint density at radius 3 is 2.80 bits per heavy atom. The summed E-state index contributed by atoms with van der Waals surface area (Å²) in [5.74, 6) is 0.374. The van der Waals surface area contributed by atoms with Crippen molar-refractivity contribution >= 4 is 51.7 Å². The molecule has 0 bridgehead atoms. The van der Waals surface area contributed by atoms with E-state index in [-0.39, 0.29) is 10.9 Å². The van der Waals surface area contributed by atoms with E-state index in [0.29, 0.717) is 26.9 Å². The Balaban J connectivity index is 2.27. The molecular formula is C13H11ClN2O2S2. The molecule has 0 unspecified atom stereocenters. The predicted molar refractivity (Wildman–Crippen MR) is 86.2 cm³/mol. The molecule has 0 aliphatic rings. The van der Waals surface area contributed by atoms with Gasteiger partial charge in [0.25, 0.3) is 5.91 Å². The predicted octanol–water partition coefficient (Wildman–Crippen LogP) is 3.30. The summed E-state index contributed by atoms with van der Waals surface area (Å²) in [6, 6.07) is 6.61. The molecular weight excluding hydrogens is 316 g/mol. The molecule has 0 spiro atoms. The highest BCUT2D eigenvalue weighted by Crippen LogP contribution is 2.25. The van der Waals surface area contributed by atoms with E-state index in [1.165, 1.54) is 11.3 Å². The second-order valence-corrected chi connectivity index (χ2v) is 5.65. The Morgan fingerprint density at radius 1 is 1.45 bits per heavy atom. The van der Waals surface area contributed by atoms with E-state index in [4.69, 9.17) is 34.3 Å². The molecule has 1 aromatic heterocycles. The molecule has 0 aliphatic heterocycles. The van der Waals surface area contributed by atoms with E-state index in [2.05, 4.69) is 5.32 Å². The van der Waals surface area contributed by atoms with E-state index in [1.54, 1.807) is 36.8 Å². The molecule has 0 radical (unpaired) electrons. The first-order chi connectivity index (χ1) is 9.51. The number of methoxy groups -OCH3 is 1. The third-order valence-electron chi connectivity index (χ3n) is 2.53. The Labute approximate surface area is 130 Å². The minimum atomic E-state index is -0.266. The molecule has 0 aliphatic carbocycles. The van der Waals surface area contributed by atoms with Crippen molar-refractivity contribution in [3.63, 3.8) is 0 Å². The van der Waals surface area contributed by atoms with Gasteiger partial charge in [0, 0.05) is 22.0 Å². The van der Waals surface area contributed by atoms with Gasteiger partial charge in [-0.05, 0) is 18.2 Å². The summed E-state index contributed by atoms with van der Waals surface area (Å²) in [5.41, 5.74) is 6.68. The normalized spacial score (nSPS) is 10.1. The van der Waals surface area contributed by atoms with Gasteiger partial charge >= 0.3 is 0 Å². The van der Waals surface area contributed by atoms with Crippen LogP contribution in [0.5, 0.6) is 5.75 Å². The van der Waals surface area contributed by atoms with Crippen molar-refractivity contribution in [1.82, 2.24) is 0 Å². The molecule has 0 saturated carbocycles. The highest BCUT2D eigenvalue weighted by molar-refractivity contribution is 7.80. The zero-order chi connectivity index (χ0) is 14.7. The van der Waals surface area contributed by atoms with Crippen LogP contribution < -0.4 is 15.8 Å². The van der Waals surface area contributed by atoms with E-state index < -0.39 is 0 Å². The summed E-state index contributed by atoms with van der Waals surface area (Å²) >= 11 is 12.2. The number of amides is 1. The smallest absolute Gasteiger partial charge is 0.265 e. The fourth-order valence-electron chi connectivity index (χ4n) is 1.56. The minimum Gasteiger partial charge on any atom is -0.496 e. The maximum absolute atomic E-state index is 12.1. The molecule has 7 heteroatoms. The monoisotopic (exact) mass is 326 g/mol. The summed E-state index contributed by atoms with van der Waals surface area (Å²) in [6.45, 7) is 0. The van der Waals surface area contributed by atoms with Crippen LogP contribution in [0.25, 0.3) is 0 Å². The number of hydrogen-bond acceptors (Lipinski definition) is 4. The largest absolute Gasteiger partial charge is 0.496 e. The first-order valence-electron chi connectivity index (χ1n) is 5.54. The van der Waals surface area contributed by atoms with Crippen molar-refractivity contribution in [2.45, 2.75) is 0 Å². The molecule has 0 atom stereocenters. The third-order valence-corrected chi connectivity index (χ3v) is 3.89. The maximum atomic E-state index is 12.1. The lowest BCUT2D eigenvalue weighted by Gasteiger charge is -2.09. The first kappa shape index (κ1) is 14.8. The SMILES string of the molecule is COc1csc(C(=O)Nc2cc(Cl)ccc2C(N)=S)c1. The van der Waals surface area contributed by atoms with Crippen LogP contribution in [0.2, 0.25) is 5.02 Å². The number of anilines is 1. The maximum Gasteiger partial charge on any atom is 0.265 e. The molecule has 1 aromatic carbocycles. The molecule has 0 fully saturated rings. The number of rotatable bonds is 4. The van der Waals surface area contributed by atoms with Gasteiger partial charge in [0.15, 0.2) is 0 Å². The fourth-order valence-corrected chi connectivity index (χ4v) is 2.66. The van der Waals surface area contributed by atoms with Crippen LogP contribution in [-0.2, 0) is 0 Å². The summed E-state index contributed by atoms with van der Waals surface area (Å²) in [7, 11) is 1.55. The number of thiophene rings is 1. The molecule has 104 valence electrons. The Bertz CT molecular complexity index is 670. The highest BCUT2D eigenvalue weighted by atomic mass is 35.5. The number of hydrogen-bond donors (Lipinski definition) is 2. The van der Waals surface area contributed by atoms with Gasteiger partial charge in [-0.3, -0.25) is 4.79 Å². The van der Waals surface area contributed by atoms with Crippen molar-refractivity contribution in [3.05, 3.63) is 45.1 Å². The number of nitrogens with one attached hydrogen (secondary N) is 1. The minimum absolute atomic E-state index is 0.195. The van der Waals surface area contributed by atoms with Crippen LogP contribution in [0.1, 0.15) is 15.2 Å². The standard InChI is InChI=1S/C13H11ClN2O2S2/c1-18-8-5-11(20-6-8)13(17)16-10-4-7(14)2-3-9(10)12(15)19/h2-6H,1H3,(H2,15,19)(H,16,17). The number of thiocarbonyl (C=S) groups is 1. The Hall–Kier alpha value is -1.63. The van der Waals surface area contributed by atoms with Gasteiger partial charge in [-0.25, -0.2) is 0 Å². The highest BCUT2D eigenvalue weighted by Gasteiger charge is 2.13. The van der Waals surface area contributed by atoms with E-state index in [9.17, 15) is 4.79 Å². The van der Waals surface area contributed by atoms with Gasteiger partial charge in [-0.1, -0.05) is 23.8 Å². The fraction of sp³-hybridized carbons (Fsp3) is 0.0769. The second kappa shape index (κ2) is 6.21. The van der Waals surface area contributed by atoms with Gasteiger partial charge in [0.05, 0.1) is 17.7 Å². The van der Waals surface area contributed by atoms with Gasteiger partial charge < -0.3 is 15.8 Å². The van der Waals surface area contributed by atoms with Crippen LogP contribution in [0.15, 0.2) is 29.6 Å². The Kier molecular flexibility index (Phi) is 4.59. The van der Waals surface area contributed by atoms with E-state index >= 15 is 0 Å². The number of ether oxygens (including phenoxy) is 1. The average Bonchev–Trinajstić information content (AvgIpc) is 2.87. The van der Waals surface area contributed by atoms with Gasteiger partial charge in [0.1, 0.15) is 10.7 Å². The molecule has 20 heavy (non-hydrogen) atoms. The van der Waals surface area contributed by atoms with Crippen molar-refractivity contribution in [2.75, 3.05) is 12.4 Å². The lowest BCUT2D eigenvalue weighted by molar-refractivity contribution is 0.103. The quantitative estimate of drug-likeness (QED) is 0.846. The van der Waals surface area contributed by atoms with Crippen LogP contribution in [0, 0.1) is 0 Å². The molecule has 1 heterocycles. The molecule has 4 nitrogen and oxygen atoms in total. The van der Waals surface area contributed by atoms with Crippen LogP contribution in [0.4, 0.5) is 5.69 Å². The summed E-state index contributed by atoms with van der Waals surface area (Å²) in [5, 5.41) is 4.99. The van der Waals surface area contributed by atoms with Gasteiger partial charge in [-0.15, -0.1) is 11.3 Å². The zero-order valence-corrected chi connectivity index (χ0v) is 12.9. The lowest BCUT2D eigenvalue weighted by atomic mass is 10.1. The molecule has 2 rings (SSSR count). The second-order valence-electron chi connectivity index (χ2n) is 3.86. The topological polar surface area (TPSA) is 64.3 Å². The summed E-state index contributed by atoms with van der Waals surface area (Å²) < 4.78 is 5.04. The number of carbonyl (C=O) groups is 1. The van der Waals surface area contributed by atoms with E-state index in [1.807, 2.05) is 0 Å². The van der Waals surface area contributed by atoms with Crippen LogP contribution in [0.3, 0.4) is 0 Å². The van der Waals surface area contributed by atoms with Crippen molar-refractivity contribution < 1.29 is 9.53 Å². The van der Waals surface area contributed by atoms with Gasteiger partial charge in [-0.2, -0.15) is 0 Å². The molecule has 1 amide bonds. The van der Waals surface area contributed by atoms with Crippen molar-refractivity contribution in [2.24, 2.45) is 5.73 Å². The zero-order valence-electron chi connectivity index (χ0n) is 10.5. The molecule has 0 saturated heterocycles. The third kappa shape index (κ3) is 3.27. The van der Waals surface area contributed by atoms with Crippen molar-refractivity contribution in [3.8, 4) is 5.75 Å². The Morgan fingerprint density at radius 2 is 2.20 bits per heavy atom. The molecule has 3 N–H and O–H groups in total. The van der Waals surface area contributed by atoms with Crippen molar-refractivity contribution in [1.29, 1.82) is 0 Å². The summed E-state index contributed by atoms with van der Waals surface area (Å²) in [4.78, 5) is 12.9. The number of benzene rings is 1. The number of halogens is 1. The van der Waals surface area contributed by atoms with Crippen LogP contribution in [-0.4, -0.2) is 18.0 Å². The molecule has 2 aromatic rings. The first-order valence-corrected chi connectivity index (χ1v) is 7.21. The lowest BCUT2D eigenvalue weighted by Crippen LogP contribution is -2.17. The number of carbonyl (C=O) groups excluding carboxylic acids is 1. The van der Waals surface area contributed by atoms with Gasteiger partial charge in [0.2, 0.25) is 0 Å². The number of nitrogens with two attached hydrogens (primary N) is 1. The average molecular weight is 327 g/mol. The summed E-state index contributed by atoms with van der Waals surface area (Å²) in [6.07, 6.45) is 0. The van der Waals surface area contributed by atoms with Crippen LogP contribution >= 0.6 is 35.2 Å². The van der Waals surface area contributed by atoms with E-state index in [0.717, 1.165) is 0 Å².